The first-order chi connectivity index (χ1) is 9.20. The number of carbonyl (C=O) groups is 4. The Kier molecular flexibility index (Phi) is 7.95. The first-order valence-electron chi connectivity index (χ1n) is 5.89. The van der Waals surface area contributed by atoms with Crippen LogP contribution in [0, 0.1) is 0 Å². The predicted molar refractivity (Wildman–Crippen MR) is 63.9 cm³/mol. The maximum Gasteiger partial charge on any atom is 0.305 e. The van der Waals surface area contributed by atoms with Crippen molar-refractivity contribution in [3.63, 3.8) is 0 Å². The molecule has 0 unspecified atom stereocenters. The molecule has 0 aromatic rings. The van der Waals surface area contributed by atoms with Crippen molar-refractivity contribution in [3.8, 4) is 0 Å². The van der Waals surface area contributed by atoms with E-state index in [1.54, 1.807) is 0 Å². The Morgan fingerprint density at radius 1 is 0.600 bits per heavy atom. The van der Waals surface area contributed by atoms with Gasteiger partial charge in [0.2, 0.25) is 12.6 Å². The molecule has 0 aliphatic carbocycles. The average molecular weight is 290 g/mol. The molecule has 0 N–H and O–H groups in total. The minimum Gasteiger partial charge on any atom is -0.425 e. The van der Waals surface area contributed by atoms with Gasteiger partial charge in [-0.15, -0.1) is 0 Å². The van der Waals surface area contributed by atoms with Crippen molar-refractivity contribution in [2.45, 2.75) is 53.1 Å². The fraction of sp³-hybridized carbons (Fsp3) is 0.667. The molecule has 0 radical (unpaired) electrons. The predicted octanol–water partition coefficient (Wildman–Crippen LogP) is 0.671. The smallest absolute Gasteiger partial charge is 0.305 e. The van der Waals surface area contributed by atoms with Crippen LogP contribution in [-0.4, -0.2) is 36.5 Å². The first-order valence-corrected chi connectivity index (χ1v) is 5.89. The van der Waals surface area contributed by atoms with Crippen molar-refractivity contribution in [2.75, 3.05) is 0 Å². The lowest BCUT2D eigenvalue weighted by Crippen LogP contribution is -2.27. The first kappa shape index (κ1) is 17.9. The summed E-state index contributed by atoms with van der Waals surface area (Å²) in [7, 11) is 0. The van der Waals surface area contributed by atoms with E-state index in [0.29, 0.717) is 0 Å². The summed E-state index contributed by atoms with van der Waals surface area (Å²) >= 11 is 0. The van der Waals surface area contributed by atoms with Crippen molar-refractivity contribution in [2.24, 2.45) is 0 Å². The molecule has 0 rings (SSSR count). The molecule has 0 saturated heterocycles. The maximum absolute atomic E-state index is 10.9. The van der Waals surface area contributed by atoms with Crippen LogP contribution in [0.25, 0.3) is 0 Å². The fourth-order valence-corrected chi connectivity index (χ4v) is 1.30. The highest BCUT2D eigenvalue weighted by atomic mass is 16.7. The molecule has 114 valence electrons. The molecular formula is C12H18O8. The van der Waals surface area contributed by atoms with Gasteiger partial charge in [0, 0.05) is 40.5 Å². The zero-order chi connectivity index (χ0) is 15.7. The van der Waals surface area contributed by atoms with Gasteiger partial charge in [0.15, 0.2) is 0 Å². The van der Waals surface area contributed by atoms with Crippen LogP contribution in [0.5, 0.6) is 0 Å². The molecule has 0 atom stereocenters. The molecule has 0 aliphatic rings. The second-order valence-corrected chi connectivity index (χ2v) is 3.87. The van der Waals surface area contributed by atoms with Gasteiger partial charge in [-0.05, 0) is 0 Å². The van der Waals surface area contributed by atoms with Crippen molar-refractivity contribution in [1.82, 2.24) is 0 Å². The monoisotopic (exact) mass is 290 g/mol. The largest absolute Gasteiger partial charge is 0.425 e. The van der Waals surface area contributed by atoms with Gasteiger partial charge in [0.25, 0.3) is 0 Å². The highest BCUT2D eigenvalue weighted by molar-refractivity contribution is 5.68. The van der Waals surface area contributed by atoms with Crippen molar-refractivity contribution in [1.29, 1.82) is 0 Å². The van der Waals surface area contributed by atoms with Crippen LogP contribution < -0.4 is 0 Å². The van der Waals surface area contributed by atoms with Gasteiger partial charge in [-0.3, -0.25) is 19.2 Å². The van der Waals surface area contributed by atoms with Gasteiger partial charge in [-0.2, -0.15) is 0 Å². The van der Waals surface area contributed by atoms with Gasteiger partial charge in [-0.25, -0.2) is 0 Å². The highest BCUT2D eigenvalue weighted by Crippen LogP contribution is 2.12. The van der Waals surface area contributed by atoms with Gasteiger partial charge in [0.1, 0.15) is 0 Å². The van der Waals surface area contributed by atoms with E-state index in [1.807, 2.05) is 0 Å². The number of hydrogen-bond acceptors (Lipinski definition) is 8. The fourth-order valence-electron chi connectivity index (χ4n) is 1.30. The van der Waals surface area contributed by atoms with Crippen LogP contribution in [-0.2, 0) is 38.1 Å². The molecule has 0 fully saturated rings. The van der Waals surface area contributed by atoms with Crippen LogP contribution in [0.3, 0.4) is 0 Å². The summed E-state index contributed by atoms with van der Waals surface area (Å²) in [5.41, 5.74) is 0. The van der Waals surface area contributed by atoms with Gasteiger partial charge >= 0.3 is 23.9 Å². The number of rotatable bonds is 7. The van der Waals surface area contributed by atoms with E-state index in [0.717, 1.165) is 27.7 Å². The minimum absolute atomic E-state index is 0.0182. The van der Waals surface area contributed by atoms with Crippen LogP contribution in [0.2, 0.25) is 0 Å². The minimum atomic E-state index is -1.13. The zero-order valence-corrected chi connectivity index (χ0v) is 11.8. The van der Waals surface area contributed by atoms with Crippen LogP contribution in [0.15, 0.2) is 0 Å². The third-order valence-corrected chi connectivity index (χ3v) is 1.83. The normalized spacial score (nSPS) is 10.1. The molecular weight excluding hydrogens is 272 g/mol. The van der Waals surface area contributed by atoms with Crippen molar-refractivity contribution >= 4 is 23.9 Å². The Morgan fingerprint density at radius 2 is 0.800 bits per heavy atom. The molecule has 0 aliphatic heterocycles. The van der Waals surface area contributed by atoms with Crippen LogP contribution in [0.4, 0.5) is 0 Å². The molecule has 0 heterocycles. The molecule has 0 bridgehead atoms. The quantitative estimate of drug-likeness (QED) is 0.497. The third kappa shape index (κ3) is 9.86. The summed E-state index contributed by atoms with van der Waals surface area (Å²) in [6.45, 7) is 4.64. The summed E-state index contributed by atoms with van der Waals surface area (Å²) < 4.78 is 19.0. The molecule has 20 heavy (non-hydrogen) atoms. The zero-order valence-electron chi connectivity index (χ0n) is 11.8. The van der Waals surface area contributed by atoms with E-state index < -0.39 is 36.5 Å². The summed E-state index contributed by atoms with van der Waals surface area (Å²) in [5, 5.41) is 0. The summed E-state index contributed by atoms with van der Waals surface area (Å²) in [6.07, 6.45) is -2.22. The summed E-state index contributed by atoms with van der Waals surface area (Å²) in [5.74, 6) is -2.53. The highest BCUT2D eigenvalue weighted by Gasteiger charge is 2.21. The Morgan fingerprint density at radius 3 is 0.950 bits per heavy atom. The van der Waals surface area contributed by atoms with E-state index >= 15 is 0 Å². The van der Waals surface area contributed by atoms with E-state index in [-0.39, 0.29) is 12.8 Å². The maximum atomic E-state index is 10.9. The molecule has 0 saturated carbocycles. The van der Waals surface area contributed by atoms with E-state index in [1.165, 1.54) is 0 Å². The molecule has 0 amide bonds. The number of esters is 4. The van der Waals surface area contributed by atoms with Crippen LogP contribution >= 0.6 is 0 Å². The molecule has 8 nitrogen and oxygen atoms in total. The topological polar surface area (TPSA) is 105 Å². The summed E-state index contributed by atoms with van der Waals surface area (Å²) in [6, 6.07) is 0. The average Bonchev–Trinajstić information content (AvgIpc) is 2.22. The van der Waals surface area contributed by atoms with Crippen molar-refractivity contribution < 1.29 is 38.1 Å². The molecule has 0 aromatic heterocycles. The summed E-state index contributed by atoms with van der Waals surface area (Å²) in [4.78, 5) is 43.4. The molecule has 8 heteroatoms. The molecule has 0 spiro atoms. The second-order valence-electron chi connectivity index (χ2n) is 3.87. The van der Waals surface area contributed by atoms with Gasteiger partial charge in [0.05, 0.1) is 0 Å². The van der Waals surface area contributed by atoms with E-state index in [9.17, 15) is 19.2 Å². The van der Waals surface area contributed by atoms with Gasteiger partial charge in [-0.1, -0.05) is 0 Å². The lowest BCUT2D eigenvalue weighted by atomic mass is 10.3. The lowest BCUT2D eigenvalue weighted by molar-refractivity contribution is -0.199. The second kappa shape index (κ2) is 8.89. The third-order valence-electron chi connectivity index (χ3n) is 1.83. The Bertz CT molecular complexity index is 308. The Hall–Kier alpha value is -2.12. The Labute approximate surface area is 116 Å². The Balaban J connectivity index is 4.49. The standard InChI is InChI=1S/C12H18O8/c1-7(13)17-11(18-8(2)14)5-6-12(19-9(3)15)20-10(4)16/h11-12H,5-6H2,1-4H3. The SMILES string of the molecule is CC(=O)OC(CCC(OC(C)=O)OC(C)=O)OC(C)=O. The number of ether oxygens (including phenoxy) is 4. The van der Waals surface area contributed by atoms with Gasteiger partial charge < -0.3 is 18.9 Å². The van der Waals surface area contributed by atoms with E-state index in [2.05, 4.69) is 0 Å². The molecule has 0 aromatic carbocycles. The lowest BCUT2D eigenvalue weighted by Gasteiger charge is -2.20. The van der Waals surface area contributed by atoms with Crippen molar-refractivity contribution in [3.05, 3.63) is 0 Å². The van der Waals surface area contributed by atoms with E-state index in [4.69, 9.17) is 18.9 Å². The number of hydrogen-bond donors (Lipinski definition) is 0. The number of carbonyl (C=O) groups excluding carboxylic acids is 4. The van der Waals surface area contributed by atoms with Crippen LogP contribution in [0.1, 0.15) is 40.5 Å².